The van der Waals surface area contributed by atoms with Crippen molar-refractivity contribution in [1.29, 1.82) is 0 Å². The minimum atomic E-state index is -1.41. The molecule has 0 saturated heterocycles. The Hall–Kier alpha value is -0.190. The molecule has 0 aromatic heterocycles. The van der Waals surface area contributed by atoms with Gasteiger partial charge in [0.05, 0.1) is 6.10 Å². The number of hydrogen-bond donors (Lipinski definition) is 0. The fourth-order valence-corrected chi connectivity index (χ4v) is 7.85. The normalized spacial score (nSPS) is 39.8. The van der Waals surface area contributed by atoms with Crippen LogP contribution in [0.25, 0.3) is 0 Å². The van der Waals surface area contributed by atoms with Gasteiger partial charge < -0.3 is 4.52 Å². The fraction of sp³-hybridized carbons (Fsp3) is 0.926. The maximum Gasteiger partial charge on any atom is 0.158 e. The summed E-state index contributed by atoms with van der Waals surface area (Å²) in [7, 11) is -0.613. The lowest BCUT2D eigenvalue weighted by Gasteiger charge is -2.43. The highest BCUT2D eigenvalue weighted by atomic mass is 31.1. The van der Waals surface area contributed by atoms with Gasteiger partial charge in [-0.2, -0.15) is 0 Å². The molecule has 4 heteroatoms. The van der Waals surface area contributed by atoms with Crippen LogP contribution in [0.3, 0.4) is 0 Å². The standard InChI is InChI=1S/C25H45F2OP.C2H2/c1-4-5-6-17-29(3)28-23-16-15-22(24(26)25(23)27)21-13-11-20(12-14-21)19-9-7-18(2)8-10-19;1-2/h18-25H,4-17H2,1-3H3;1-2H. The van der Waals surface area contributed by atoms with E-state index in [1.54, 1.807) is 0 Å². The van der Waals surface area contributed by atoms with Crippen molar-refractivity contribution in [3.05, 3.63) is 0 Å². The molecule has 5 unspecified atom stereocenters. The summed E-state index contributed by atoms with van der Waals surface area (Å²) in [4.78, 5) is 0. The average molecular weight is 457 g/mol. The van der Waals surface area contributed by atoms with Crippen molar-refractivity contribution in [3.63, 3.8) is 0 Å². The van der Waals surface area contributed by atoms with Gasteiger partial charge in [-0.15, -0.1) is 12.8 Å². The van der Waals surface area contributed by atoms with Gasteiger partial charge >= 0.3 is 0 Å². The van der Waals surface area contributed by atoms with E-state index in [1.807, 2.05) is 0 Å². The van der Waals surface area contributed by atoms with Gasteiger partial charge in [0.25, 0.3) is 0 Å². The van der Waals surface area contributed by atoms with Crippen LogP contribution in [0.4, 0.5) is 8.78 Å². The summed E-state index contributed by atoms with van der Waals surface area (Å²) < 4.78 is 36.0. The van der Waals surface area contributed by atoms with Crippen molar-refractivity contribution in [1.82, 2.24) is 0 Å². The minimum Gasteiger partial charge on any atom is -0.353 e. The lowest BCUT2D eigenvalue weighted by atomic mass is 9.65. The van der Waals surface area contributed by atoms with Gasteiger partial charge in [0.1, 0.15) is 6.17 Å². The van der Waals surface area contributed by atoms with E-state index in [2.05, 4.69) is 33.4 Å². The van der Waals surface area contributed by atoms with Crippen LogP contribution in [0.2, 0.25) is 0 Å². The van der Waals surface area contributed by atoms with Crippen LogP contribution >= 0.6 is 8.15 Å². The smallest absolute Gasteiger partial charge is 0.158 e. The zero-order valence-corrected chi connectivity index (χ0v) is 21.2. The van der Waals surface area contributed by atoms with E-state index in [1.165, 1.54) is 51.4 Å². The third-order valence-corrected chi connectivity index (χ3v) is 9.97. The molecule has 31 heavy (non-hydrogen) atoms. The van der Waals surface area contributed by atoms with Gasteiger partial charge in [-0.05, 0) is 100 Å². The van der Waals surface area contributed by atoms with Crippen molar-refractivity contribution in [3.8, 4) is 12.8 Å². The summed E-state index contributed by atoms with van der Waals surface area (Å²) in [5, 5.41) is 0. The molecule has 0 spiro atoms. The van der Waals surface area contributed by atoms with Gasteiger partial charge in [0.15, 0.2) is 6.17 Å². The molecule has 3 saturated carbocycles. The number of halogens is 2. The Balaban J connectivity index is 0.00000166. The third-order valence-electron chi connectivity index (χ3n) is 8.39. The quantitative estimate of drug-likeness (QED) is 0.202. The summed E-state index contributed by atoms with van der Waals surface area (Å²) in [5.41, 5.74) is 0. The van der Waals surface area contributed by atoms with Gasteiger partial charge in [0.2, 0.25) is 0 Å². The third kappa shape index (κ3) is 7.96. The Bertz CT molecular complexity index is 497. The molecule has 3 fully saturated rings. The molecule has 3 aliphatic rings. The molecule has 0 amide bonds. The van der Waals surface area contributed by atoms with Gasteiger partial charge in [-0.3, -0.25) is 0 Å². The highest BCUT2D eigenvalue weighted by molar-refractivity contribution is 7.51. The monoisotopic (exact) mass is 456 g/mol. The van der Waals surface area contributed by atoms with Crippen LogP contribution in [0.5, 0.6) is 0 Å². The lowest BCUT2D eigenvalue weighted by Crippen LogP contribution is -2.45. The molecule has 0 aromatic rings. The SMILES string of the molecule is C#C.CCCCCP(C)OC1CCC(C2CCC(C3CCC(C)CC3)CC2)C(F)C1F. The maximum absolute atomic E-state index is 15.1. The Morgan fingerprint density at radius 1 is 0.774 bits per heavy atom. The first-order chi connectivity index (χ1) is 15.0. The van der Waals surface area contributed by atoms with Crippen molar-refractivity contribution in [2.75, 3.05) is 12.8 Å². The largest absolute Gasteiger partial charge is 0.353 e. The predicted molar refractivity (Wildman–Crippen MR) is 131 cm³/mol. The fourth-order valence-electron chi connectivity index (χ4n) is 6.39. The first-order valence-corrected chi connectivity index (χ1v) is 14.9. The second-order valence-electron chi connectivity index (χ2n) is 10.5. The first kappa shape index (κ1) is 27.1. The molecule has 0 bridgehead atoms. The molecule has 0 radical (unpaired) electrons. The Morgan fingerprint density at radius 3 is 1.90 bits per heavy atom. The van der Waals surface area contributed by atoms with Crippen molar-refractivity contribution >= 4 is 8.15 Å². The molecule has 1 nitrogen and oxygen atoms in total. The molecule has 0 aromatic carbocycles. The second-order valence-corrected chi connectivity index (χ2v) is 12.4. The van der Waals surface area contributed by atoms with E-state index in [0.29, 0.717) is 12.3 Å². The molecular weight excluding hydrogens is 409 g/mol. The number of unbranched alkanes of at least 4 members (excludes halogenated alkanes) is 2. The van der Waals surface area contributed by atoms with E-state index < -0.39 is 26.6 Å². The first-order valence-electron chi connectivity index (χ1n) is 13.0. The van der Waals surface area contributed by atoms with Gasteiger partial charge in [-0.25, -0.2) is 8.78 Å². The molecule has 180 valence electrons. The molecule has 5 atom stereocenters. The lowest BCUT2D eigenvalue weighted by molar-refractivity contribution is -0.0426. The molecule has 0 aliphatic heterocycles. The van der Waals surface area contributed by atoms with Crippen molar-refractivity contribution in [2.24, 2.45) is 29.6 Å². The average Bonchev–Trinajstić information content (AvgIpc) is 2.79. The van der Waals surface area contributed by atoms with Gasteiger partial charge in [-0.1, -0.05) is 39.5 Å². The highest BCUT2D eigenvalue weighted by Crippen LogP contribution is 2.48. The zero-order chi connectivity index (χ0) is 22.8. The Morgan fingerprint density at radius 2 is 1.32 bits per heavy atom. The van der Waals surface area contributed by atoms with E-state index in [0.717, 1.165) is 49.6 Å². The molecular formula is C27H47F2OP. The van der Waals surface area contributed by atoms with Crippen LogP contribution < -0.4 is 0 Å². The van der Waals surface area contributed by atoms with Crippen LogP contribution in [-0.4, -0.2) is 31.3 Å². The van der Waals surface area contributed by atoms with Crippen molar-refractivity contribution in [2.45, 2.75) is 116 Å². The molecule has 0 heterocycles. The second kappa shape index (κ2) is 14.2. The van der Waals surface area contributed by atoms with E-state index in [9.17, 15) is 4.39 Å². The molecule has 0 N–H and O–H groups in total. The summed E-state index contributed by atoms with van der Waals surface area (Å²) in [6.07, 6.45) is 21.2. The molecule has 3 aliphatic carbocycles. The summed E-state index contributed by atoms with van der Waals surface area (Å²) in [6, 6.07) is 0. The maximum atomic E-state index is 15.1. The van der Waals surface area contributed by atoms with E-state index in [-0.39, 0.29) is 5.92 Å². The highest BCUT2D eigenvalue weighted by Gasteiger charge is 2.45. The van der Waals surface area contributed by atoms with Crippen LogP contribution in [0.15, 0.2) is 0 Å². The summed E-state index contributed by atoms with van der Waals surface area (Å²) in [5.74, 6) is 2.99. The van der Waals surface area contributed by atoms with Crippen LogP contribution in [-0.2, 0) is 4.52 Å². The van der Waals surface area contributed by atoms with E-state index >= 15 is 4.39 Å². The Kier molecular flexibility index (Phi) is 12.4. The predicted octanol–water partition coefficient (Wildman–Crippen LogP) is 8.56. The van der Waals surface area contributed by atoms with Crippen LogP contribution in [0, 0.1) is 42.4 Å². The van der Waals surface area contributed by atoms with Crippen LogP contribution in [0.1, 0.15) is 97.3 Å². The topological polar surface area (TPSA) is 9.23 Å². The minimum absolute atomic E-state index is 0.0691. The number of rotatable bonds is 8. The molecule has 3 rings (SSSR count). The number of alkyl halides is 2. The number of hydrogen-bond acceptors (Lipinski definition) is 1. The van der Waals surface area contributed by atoms with E-state index in [4.69, 9.17) is 4.52 Å². The Labute approximate surface area is 192 Å². The summed E-state index contributed by atoms with van der Waals surface area (Å²) in [6.45, 7) is 6.66. The number of terminal acetylenes is 1. The zero-order valence-electron chi connectivity index (χ0n) is 20.3. The van der Waals surface area contributed by atoms with Crippen molar-refractivity contribution < 1.29 is 13.3 Å². The summed E-state index contributed by atoms with van der Waals surface area (Å²) >= 11 is 0. The van der Waals surface area contributed by atoms with Gasteiger partial charge in [0, 0.05) is 8.15 Å².